The summed E-state index contributed by atoms with van der Waals surface area (Å²) in [6, 6.07) is 23.2. The zero-order valence-electron chi connectivity index (χ0n) is 18.6. The number of hydrogen-bond acceptors (Lipinski definition) is 3. The van der Waals surface area contributed by atoms with Gasteiger partial charge in [0.25, 0.3) is 5.56 Å². The highest BCUT2D eigenvalue weighted by atomic mass is 35.5. The van der Waals surface area contributed by atoms with E-state index in [1.165, 1.54) is 10.7 Å². The van der Waals surface area contributed by atoms with E-state index in [0.29, 0.717) is 27.7 Å². The molecule has 2 heterocycles. The van der Waals surface area contributed by atoms with Gasteiger partial charge in [0.05, 0.1) is 24.4 Å². The molecule has 2 aromatic heterocycles. The molecule has 0 bridgehead atoms. The van der Waals surface area contributed by atoms with Crippen LogP contribution in [0.25, 0.3) is 16.6 Å². The first-order valence-electron chi connectivity index (χ1n) is 10.8. The average molecular weight is 472 g/mol. The van der Waals surface area contributed by atoms with Crippen molar-refractivity contribution in [2.75, 3.05) is 7.11 Å². The SMILES string of the molecule is COc1ccc2[nH]c(C)c(C(C(=O)c3ccc(Cl)cc3)c3cc(=O)n(-c4ccccc4)[nH]3)c2c1. The van der Waals surface area contributed by atoms with Crippen LogP contribution < -0.4 is 10.3 Å². The van der Waals surface area contributed by atoms with E-state index >= 15 is 0 Å². The highest BCUT2D eigenvalue weighted by molar-refractivity contribution is 6.30. The van der Waals surface area contributed by atoms with E-state index in [-0.39, 0.29) is 11.3 Å². The molecular weight excluding hydrogens is 450 g/mol. The first kappa shape index (κ1) is 21.8. The molecule has 0 spiro atoms. The lowest BCUT2D eigenvalue weighted by Crippen LogP contribution is -2.16. The number of methoxy groups -OCH3 is 1. The number of aryl methyl sites for hydroxylation is 1. The number of rotatable bonds is 6. The second-order valence-corrected chi connectivity index (χ2v) is 8.54. The maximum atomic E-state index is 13.9. The number of ketones is 1. The van der Waals surface area contributed by atoms with Gasteiger partial charge in [0.2, 0.25) is 0 Å². The number of carbonyl (C=O) groups is 1. The molecular formula is C27H22ClN3O3. The largest absolute Gasteiger partial charge is 0.497 e. The number of carbonyl (C=O) groups excluding carboxylic acids is 1. The number of halogens is 1. The van der Waals surface area contributed by atoms with Crippen LogP contribution in [-0.2, 0) is 0 Å². The van der Waals surface area contributed by atoms with E-state index in [4.69, 9.17) is 16.3 Å². The number of H-pyrrole nitrogens is 2. The Balaban J connectivity index is 1.74. The Morgan fingerprint density at radius 1 is 1.00 bits per heavy atom. The topological polar surface area (TPSA) is 79.9 Å². The number of benzene rings is 3. The Morgan fingerprint density at radius 2 is 1.74 bits per heavy atom. The molecule has 5 aromatic rings. The number of Topliss-reactive ketones (excluding diaryl/α,β-unsaturated/α-hetero) is 1. The van der Waals surface area contributed by atoms with E-state index in [0.717, 1.165) is 22.2 Å². The van der Waals surface area contributed by atoms with Crippen LogP contribution in [0.15, 0.2) is 83.7 Å². The molecule has 0 saturated carbocycles. The molecule has 0 fully saturated rings. The van der Waals surface area contributed by atoms with Crippen molar-refractivity contribution in [3.05, 3.63) is 117 Å². The predicted molar refractivity (Wildman–Crippen MR) is 134 cm³/mol. The minimum absolute atomic E-state index is 0.148. The lowest BCUT2D eigenvalue weighted by Gasteiger charge is -2.16. The Morgan fingerprint density at radius 3 is 2.44 bits per heavy atom. The first-order chi connectivity index (χ1) is 16.5. The number of para-hydroxylation sites is 1. The molecule has 6 nitrogen and oxygen atoms in total. The summed E-state index contributed by atoms with van der Waals surface area (Å²) in [5, 5.41) is 4.59. The fourth-order valence-electron chi connectivity index (χ4n) is 4.36. The predicted octanol–water partition coefficient (Wildman–Crippen LogP) is 5.63. The van der Waals surface area contributed by atoms with Gasteiger partial charge in [0.15, 0.2) is 5.78 Å². The summed E-state index contributed by atoms with van der Waals surface area (Å²) in [5.74, 6) is -0.217. The smallest absolute Gasteiger partial charge is 0.271 e. The van der Waals surface area contributed by atoms with Gasteiger partial charge in [-0.25, -0.2) is 4.68 Å². The normalized spacial score (nSPS) is 12.1. The number of nitrogens with zero attached hydrogens (tertiary/aromatic N) is 1. The third-order valence-corrected chi connectivity index (χ3v) is 6.24. The lowest BCUT2D eigenvalue weighted by molar-refractivity contribution is 0.0972. The third-order valence-electron chi connectivity index (χ3n) is 5.99. The lowest BCUT2D eigenvalue weighted by atomic mass is 9.86. The highest BCUT2D eigenvalue weighted by Crippen LogP contribution is 2.37. The van der Waals surface area contributed by atoms with Crippen molar-refractivity contribution in [3.63, 3.8) is 0 Å². The summed E-state index contributed by atoms with van der Waals surface area (Å²) in [6.45, 7) is 1.93. The third kappa shape index (κ3) is 3.82. The number of ether oxygens (including phenoxy) is 1. The standard InChI is InChI=1S/C27H22ClN3O3/c1-16-25(21-14-20(34-2)12-13-22(21)29-16)26(27(33)17-8-10-18(28)11-9-17)23-15-24(32)31(30-23)19-6-4-3-5-7-19/h3-15,26,29-30H,1-2H3. The summed E-state index contributed by atoms with van der Waals surface area (Å²) < 4.78 is 6.88. The molecule has 0 amide bonds. The van der Waals surface area contributed by atoms with Crippen molar-refractivity contribution in [3.8, 4) is 11.4 Å². The van der Waals surface area contributed by atoms with Crippen molar-refractivity contribution >= 4 is 28.3 Å². The fourth-order valence-corrected chi connectivity index (χ4v) is 4.49. The van der Waals surface area contributed by atoms with Crippen LogP contribution in [0.4, 0.5) is 0 Å². The highest BCUT2D eigenvalue weighted by Gasteiger charge is 2.31. The van der Waals surface area contributed by atoms with Crippen LogP contribution in [0.3, 0.4) is 0 Å². The molecule has 5 rings (SSSR count). The Kier molecular flexibility index (Phi) is 5.59. The zero-order valence-corrected chi connectivity index (χ0v) is 19.4. The second kappa shape index (κ2) is 8.72. The number of aromatic amines is 2. The summed E-state index contributed by atoms with van der Waals surface area (Å²) in [7, 11) is 1.61. The minimum atomic E-state index is -0.750. The average Bonchev–Trinajstić information content (AvgIpc) is 3.39. The number of aromatic nitrogens is 3. The second-order valence-electron chi connectivity index (χ2n) is 8.10. The van der Waals surface area contributed by atoms with Gasteiger partial charge in [-0.15, -0.1) is 0 Å². The van der Waals surface area contributed by atoms with Gasteiger partial charge in [-0.2, -0.15) is 0 Å². The summed E-state index contributed by atoms with van der Waals surface area (Å²) in [6.07, 6.45) is 0. The van der Waals surface area contributed by atoms with Crippen LogP contribution in [0, 0.1) is 6.92 Å². The molecule has 0 saturated heterocycles. The van der Waals surface area contributed by atoms with Gasteiger partial charge in [0, 0.05) is 33.2 Å². The monoisotopic (exact) mass is 471 g/mol. The van der Waals surface area contributed by atoms with Gasteiger partial charge in [0.1, 0.15) is 5.75 Å². The number of fused-ring (bicyclic) bond motifs is 1. The Bertz CT molecular complexity index is 1550. The molecule has 34 heavy (non-hydrogen) atoms. The Hall–Kier alpha value is -4.03. The van der Waals surface area contributed by atoms with Crippen LogP contribution in [0.1, 0.15) is 33.2 Å². The van der Waals surface area contributed by atoms with Gasteiger partial charge in [-0.1, -0.05) is 29.8 Å². The number of nitrogens with one attached hydrogen (secondary N) is 2. The van der Waals surface area contributed by atoms with Crippen molar-refractivity contribution in [1.82, 2.24) is 14.8 Å². The molecule has 0 radical (unpaired) electrons. The van der Waals surface area contributed by atoms with Gasteiger partial charge >= 0.3 is 0 Å². The van der Waals surface area contributed by atoms with E-state index in [2.05, 4.69) is 10.1 Å². The molecule has 7 heteroatoms. The fraction of sp³-hybridized carbons (Fsp3) is 0.111. The van der Waals surface area contributed by atoms with E-state index in [1.54, 1.807) is 31.4 Å². The van der Waals surface area contributed by atoms with Crippen molar-refractivity contribution in [2.24, 2.45) is 0 Å². The van der Waals surface area contributed by atoms with Crippen LogP contribution in [-0.4, -0.2) is 27.7 Å². The maximum Gasteiger partial charge on any atom is 0.271 e. The molecule has 1 atom stereocenters. The van der Waals surface area contributed by atoms with Gasteiger partial charge in [-0.3, -0.25) is 14.7 Å². The van der Waals surface area contributed by atoms with Crippen molar-refractivity contribution in [1.29, 1.82) is 0 Å². The molecule has 2 N–H and O–H groups in total. The quantitative estimate of drug-likeness (QED) is 0.315. The summed E-state index contributed by atoms with van der Waals surface area (Å²) >= 11 is 6.06. The van der Waals surface area contributed by atoms with Gasteiger partial charge < -0.3 is 9.72 Å². The molecule has 170 valence electrons. The minimum Gasteiger partial charge on any atom is -0.497 e. The molecule has 0 aliphatic heterocycles. The molecule has 0 aliphatic carbocycles. The van der Waals surface area contributed by atoms with E-state index in [1.807, 2.05) is 55.5 Å². The summed E-state index contributed by atoms with van der Waals surface area (Å²) in [5.41, 5.74) is 3.95. The first-order valence-corrected chi connectivity index (χ1v) is 11.2. The van der Waals surface area contributed by atoms with Crippen LogP contribution in [0.5, 0.6) is 5.75 Å². The van der Waals surface area contributed by atoms with Crippen molar-refractivity contribution in [2.45, 2.75) is 12.8 Å². The zero-order chi connectivity index (χ0) is 23.8. The number of hydrogen-bond donors (Lipinski definition) is 2. The molecule has 1 unspecified atom stereocenters. The maximum absolute atomic E-state index is 13.9. The summed E-state index contributed by atoms with van der Waals surface area (Å²) in [4.78, 5) is 30.3. The van der Waals surface area contributed by atoms with E-state index in [9.17, 15) is 9.59 Å². The van der Waals surface area contributed by atoms with E-state index < -0.39 is 5.92 Å². The van der Waals surface area contributed by atoms with Gasteiger partial charge in [-0.05, 0) is 67.1 Å². The molecule has 3 aromatic carbocycles. The van der Waals surface area contributed by atoms with Crippen LogP contribution >= 0.6 is 11.6 Å². The molecule has 0 aliphatic rings. The Labute approximate surface area is 200 Å². The van der Waals surface area contributed by atoms with Crippen LogP contribution in [0.2, 0.25) is 5.02 Å². The van der Waals surface area contributed by atoms with Crippen molar-refractivity contribution < 1.29 is 9.53 Å².